The Kier molecular flexibility index (Phi) is 16.3. The van der Waals surface area contributed by atoms with Crippen molar-refractivity contribution >= 4 is 5.91 Å². The van der Waals surface area contributed by atoms with Crippen molar-refractivity contribution < 1.29 is 67.5 Å². The zero-order valence-corrected chi connectivity index (χ0v) is 29.3. The highest BCUT2D eigenvalue weighted by Gasteiger charge is 2.54. The van der Waals surface area contributed by atoms with Crippen LogP contribution in [0.25, 0.3) is 0 Å². The maximum Gasteiger partial charge on any atom is 0.294 e. The first-order valence-corrected chi connectivity index (χ1v) is 18.0. The molecule has 304 valence electrons. The first-order chi connectivity index (χ1) is 24.6. The Balaban J connectivity index is 1.54. The van der Waals surface area contributed by atoms with Gasteiger partial charge in [-0.25, -0.2) is 8.78 Å². The number of nitrogens with one attached hydrogen (secondary N) is 2. The normalized spacial score (nSPS) is 42.2. The lowest BCUT2D eigenvalue weighted by atomic mass is 9.83. The van der Waals surface area contributed by atoms with Gasteiger partial charge in [-0.15, -0.1) is 0 Å². The maximum atomic E-state index is 14.1. The summed E-state index contributed by atoms with van der Waals surface area (Å²) in [4.78, 5) is 12.7. The number of carbonyl (C=O) groups excluding carboxylic acids is 1. The molecule has 19 nitrogen and oxygen atoms in total. The molecule has 3 saturated heterocycles. The number of rotatable bonds is 17. The van der Waals surface area contributed by atoms with Gasteiger partial charge in [0.15, 0.2) is 25.0 Å². The number of carbonyl (C=O) groups is 1. The summed E-state index contributed by atoms with van der Waals surface area (Å²) in [6, 6.07) is -4.04. The third-order valence-corrected chi connectivity index (χ3v) is 10.1. The van der Waals surface area contributed by atoms with Crippen LogP contribution in [0.4, 0.5) is 8.78 Å². The molecular weight excluding hydrogens is 700 g/mol. The number of alkyl halides is 2. The molecule has 3 aliphatic heterocycles. The largest absolute Gasteiger partial charge is 0.394 e. The molecule has 4 fully saturated rings. The fraction of sp³-hybridized carbons (Fsp3) is 0.968. The van der Waals surface area contributed by atoms with E-state index in [1.165, 1.54) is 0 Å². The summed E-state index contributed by atoms with van der Waals surface area (Å²) in [6.45, 7) is 1.54. The van der Waals surface area contributed by atoms with Crippen LogP contribution >= 0.6 is 0 Å². The lowest BCUT2D eigenvalue weighted by Crippen LogP contribution is -2.67. The second kappa shape index (κ2) is 19.5. The van der Waals surface area contributed by atoms with Crippen molar-refractivity contribution in [1.29, 1.82) is 0 Å². The second-order valence-electron chi connectivity index (χ2n) is 14.0. The molecule has 0 aromatic rings. The first kappa shape index (κ1) is 43.4. The van der Waals surface area contributed by atoms with Crippen LogP contribution in [0.3, 0.4) is 0 Å². The Morgan fingerprint density at radius 1 is 0.904 bits per heavy atom. The van der Waals surface area contributed by atoms with Crippen LogP contribution < -0.4 is 39.3 Å². The second-order valence-corrected chi connectivity index (χ2v) is 14.0. The zero-order valence-electron chi connectivity index (χ0n) is 29.3. The van der Waals surface area contributed by atoms with Gasteiger partial charge in [0, 0.05) is 19.0 Å². The molecule has 17 atom stereocenters. The summed E-state index contributed by atoms with van der Waals surface area (Å²) in [5.74, 6) is -5.49. The lowest BCUT2D eigenvalue weighted by molar-refractivity contribution is -0.288. The van der Waals surface area contributed by atoms with E-state index in [0.29, 0.717) is 38.9 Å². The number of hydrogen-bond donors (Lipinski definition) is 12. The van der Waals surface area contributed by atoms with E-state index >= 15 is 0 Å². The molecule has 1 aliphatic carbocycles. The standard InChI is InChI=1S/C31H59F2N7O12/c1-2-13-8-18(42)20(38)29(47-13)51-24-19(11-41)49-30(22(24)44)52-25-21(43)17(40-27(46)26(45)31(32,33)12-35)9-16(37)23(25)50-28-15(36)5-4-14(48-28)10-39-7-3-6-34/h13-26,28-30,39,41-45H,2-12,34-38H2,1H3,(H,40,46). The number of halogens is 2. The number of aliphatic hydroxyl groups excluding tert-OH is 5. The molecule has 21 heteroatoms. The molecule has 0 aromatic heterocycles. The van der Waals surface area contributed by atoms with E-state index in [1.54, 1.807) is 0 Å². The number of nitrogens with two attached hydrogens (primary N) is 5. The molecule has 4 aliphatic rings. The molecule has 1 saturated carbocycles. The molecule has 52 heavy (non-hydrogen) atoms. The Bertz CT molecular complexity index is 1110. The van der Waals surface area contributed by atoms with Gasteiger partial charge in [0.25, 0.3) is 11.8 Å². The summed E-state index contributed by atoms with van der Waals surface area (Å²) < 4.78 is 64.3. The topological polar surface area (TPSA) is 328 Å². The average Bonchev–Trinajstić information content (AvgIpc) is 3.42. The Hall–Kier alpha value is -1.35. The van der Waals surface area contributed by atoms with Gasteiger partial charge in [0.2, 0.25) is 0 Å². The van der Waals surface area contributed by atoms with Gasteiger partial charge < -0.3 is 93.3 Å². The van der Waals surface area contributed by atoms with E-state index in [0.717, 1.165) is 6.42 Å². The van der Waals surface area contributed by atoms with E-state index in [-0.39, 0.29) is 25.0 Å². The van der Waals surface area contributed by atoms with E-state index in [9.17, 15) is 39.1 Å². The summed E-state index contributed by atoms with van der Waals surface area (Å²) in [5.41, 5.74) is 29.6. The zero-order chi connectivity index (χ0) is 38.3. The fourth-order valence-electron chi connectivity index (χ4n) is 6.85. The Morgan fingerprint density at radius 3 is 2.23 bits per heavy atom. The highest BCUT2D eigenvalue weighted by Crippen LogP contribution is 2.35. The number of aliphatic hydroxyl groups is 5. The summed E-state index contributed by atoms with van der Waals surface area (Å²) >= 11 is 0. The highest BCUT2D eigenvalue weighted by atomic mass is 19.3. The van der Waals surface area contributed by atoms with Gasteiger partial charge in [-0.05, 0) is 45.2 Å². The molecular formula is C31H59F2N7O12. The highest BCUT2D eigenvalue weighted by molar-refractivity contribution is 5.82. The lowest BCUT2D eigenvalue weighted by Gasteiger charge is -2.46. The SMILES string of the molecule is CCC1CC(O)C(N)C(OC2C(CO)OC(OC3C(O)C(NC(=O)C(O)C(F)(F)CN)CC(N)C3OC3OC(CNCCCN)CCC3N)C2O)O1. The summed E-state index contributed by atoms with van der Waals surface area (Å²) in [7, 11) is 0. The van der Waals surface area contributed by atoms with Crippen molar-refractivity contribution in [2.24, 2.45) is 28.7 Å². The quantitative estimate of drug-likeness (QED) is 0.0616. The van der Waals surface area contributed by atoms with Crippen LogP contribution in [-0.4, -0.2) is 174 Å². The summed E-state index contributed by atoms with van der Waals surface area (Å²) in [6.07, 6.45) is -14.5. The average molecular weight is 760 g/mol. The molecule has 0 bridgehead atoms. The Labute approximate surface area is 301 Å². The van der Waals surface area contributed by atoms with Gasteiger partial charge in [0.1, 0.15) is 36.6 Å². The number of amides is 1. The van der Waals surface area contributed by atoms with Crippen molar-refractivity contribution in [1.82, 2.24) is 10.6 Å². The maximum absolute atomic E-state index is 14.1. The van der Waals surface area contributed by atoms with Crippen LogP contribution in [0.5, 0.6) is 0 Å². The molecule has 17 N–H and O–H groups in total. The minimum Gasteiger partial charge on any atom is -0.394 e. The number of hydrogen-bond acceptors (Lipinski definition) is 18. The van der Waals surface area contributed by atoms with Crippen LogP contribution in [-0.2, 0) is 33.2 Å². The van der Waals surface area contributed by atoms with Crippen LogP contribution in [0, 0.1) is 0 Å². The fourth-order valence-corrected chi connectivity index (χ4v) is 6.85. The van der Waals surface area contributed by atoms with Gasteiger partial charge in [0.05, 0.1) is 49.6 Å². The molecule has 17 unspecified atom stereocenters. The predicted molar refractivity (Wildman–Crippen MR) is 177 cm³/mol. The van der Waals surface area contributed by atoms with E-state index in [4.69, 9.17) is 57.1 Å². The van der Waals surface area contributed by atoms with Gasteiger partial charge in [-0.1, -0.05) is 6.92 Å². The van der Waals surface area contributed by atoms with Crippen LogP contribution in [0.1, 0.15) is 45.4 Å². The van der Waals surface area contributed by atoms with Crippen LogP contribution in [0.15, 0.2) is 0 Å². The van der Waals surface area contributed by atoms with E-state index in [1.807, 2.05) is 6.92 Å². The van der Waals surface area contributed by atoms with Gasteiger partial charge >= 0.3 is 0 Å². The van der Waals surface area contributed by atoms with Crippen molar-refractivity contribution in [2.75, 3.05) is 32.8 Å². The van der Waals surface area contributed by atoms with Crippen molar-refractivity contribution in [2.45, 2.75) is 155 Å². The van der Waals surface area contributed by atoms with Gasteiger partial charge in [-0.3, -0.25) is 4.79 Å². The van der Waals surface area contributed by atoms with Crippen molar-refractivity contribution in [3.05, 3.63) is 0 Å². The van der Waals surface area contributed by atoms with E-state index < -0.39 is 117 Å². The molecule has 3 heterocycles. The predicted octanol–water partition coefficient (Wildman–Crippen LogP) is -5.26. The monoisotopic (exact) mass is 759 g/mol. The molecule has 1 amide bonds. The van der Waals surface area contributed by atoms with E-state index in [2.05, 4.69) is 10.6 Å². The van der Waals surface area contributed by atoms with Crippen LogP contribution in [0.2, 0.25) is 0 Å². The van der Waals surface area contributed by atoms with Crippen molar-refractivity contribution in [3.8, 4) is 0 Å². The molecule has 0 radical (unpaired) electrons. The number of ether oxygens (including phenoxy) is 6. The third kappa shape index (κ3) is 10.5. The minimum atomic E-state index is -3.97. The van der Waals surface area contributed by atoms with Crippen molar-refractivity contribution in [3.63, 3.8) is 0 Å². The summed E-state index contributed by atoms with van der Waals surface area (Å²) in [5, 5.41) is 59.0. The smallest absolute Gasteiger partial charge is 0.294 e. The molecule has 0 spiro atoms. The molecule has 4 rings (SSSR count). The molecule has 0 aromatic carbocycles. The van der Waals surface area contributed by atoms with Gasteiger partial charge in [-0.2, -0.15) is 0 Å². The first-order valence-electron chi connectivity index (χ1n) is 18.0. The third-order valence-electron chi connectivity index (χ3n) is 10.1. The Morgan fingerprint density at radius 2 is 1.58 bits per heavy atom. The minimum absolute atomic E-state index is 0.235.